The highest BCUT2D eigenvalue weighted by Gasteiger charge is 2.44. The molecule has 0 aromatic carbocycles. The summed E-state index contributed by atoms with van der Waals surface area (Å²) < 4.78 is 54.0. The van der Waals surface area contributed by atoms with Crippen molar-refractivity contribution >= 4 is 9.84 Å². The molecule has 0 aliphatic carbocycles. The van der Waals surface area contributed by atoms with E-state index in [4.69, 9.17) is 0 Å². The minimum Gasteiger partial charge on any atom is -0.271 e. The molecule has 0 radical (unpaired) electrons. The molecule has 0 unspecified atom stereocenters. The van der Waals surface area contributed by atoms with Gasteiger partial charge in [-0.25, -0.2) is 13.8 Å². The molecule has 4 nitrogen and oxygen atoms in total. The number of nitrogens with one attached hydrogen (secondary N) is 1. The summed E-state index contributed by atoms with van der Waals surface area (Å²) in [6.07, 6.45) is 0. The van der Waals surface area contributed by atoms with E-state index in [-0.39, 0.29) is 0 Å². The summed E-state index contributed by atoms with van der Waals surface area (Å²) >= 11 is 0. The van der Waals surface area contributed by atoms with Crippen LogP contribution >= 0.6 is 0 Å². The third-order valence-electron chi connectivity index (χ3n) is 0.626. The number of hydrogen-bond donors (Lipinski definition) is 2. The van der Waals surface area contributed by atoms with Crippen molar-refractivity contribution in [1.82, 2.24) is 5.43 Å². The molecule has 0 fully saturated rings. The van der Waals surface area contributed by atoms with Crippen LogP contribution in [-0.4, -0.2) is 19.8 Å². The van der Waals surface area contributed by atoms with Crippen molar-refractivity contribution in [1.29, 1.82) is 0 Å². The van der Waals surface area contributed by atoms with Crippen molar-refractivity contribution in [2.45, 2.75) is 5.51 Å². The largest absolute Gasteiger partial charge is 0.498 e. The molecule has 0 aromatic rings. The fourth-order valence-corrected chi connectivity index (χ4v) is 0.575. The van der Waals surface area contributed by atoms with Gasteiger partial charge in [-0.2, -0.15) is 13.2 Å². The van der Waals surface area contributed by atoms with Crippen molar-refractivity contribution in [3.05, 3.63) is 0 Å². The first-order valence-corrected chi connectivity index (χ1v) is 3.69. The molecule has 62 valence electrons. The first-order valence-electron chi connectivity index (χ1n) is 2.04. The average molecular weight is 178 g/mol. The Bertz CT molecular complexity index is 195. The highest BCUT2D eigenvalue weighted by atomic mass is 32.2. The van der Waals surface area contributed by atoms with Gasteiger partial charge in [0.2, 0.25) is 0 Å². The minimum atomic E-state index is -5.22. The van der Waals surface area contributed by atoms with E-state index < -0.39 is 21.2 Å². The molecule has 10 heavy (non-hydrogen) atoms. The maximum absolute atomic E-state index is 11.3. The summed E-state index contributed by atoms with van der Waals surface area (Å²) in [5.41, 5.74) is -3.82. The Morgan fingerprint density at radius 3 is 1.90 bits per heavy atom. The quantitative estimate of drug-likeness (QED) is 0.435. The maximum atomic E-state index is 11.3. The van der Waals surface area contributed by atoms with Gasteiger partial charge in [-0.15, -0.1) is 0 Å². The highest BCUT2D eigenvalue weighted by Crippen LogP contribution is 2.22. The van der Waals surface area contributed by atoms with Crippen LogP contribution in [0, 0.1) is 0 Å². The van der Waals surface area contributed by atoms with E-state index in [0.29, 0.717) is 0 Å². The lowest BCUT2D eigenvalue weighted by Gasteiger charge is -2.05. The van der Waals surface area contributed by atoms with E-state index in [1.54, 1.807) is 0 Å². The van der Waals surface area contributed by atoms with Gasteiger partial charge in [0.25, 0.3) is 9.84 Å². The Balaban J connectivity index is 4.44. The summed E-state index contributed by atoms with van der Waals surface area (Å²) in [5, 5.41) is 0. The fraction of sp³-hybridized carbons (Fsp3) is 1.00. The van der Waals surface area contributed by atoms with E-state index in [2.05, 4.69) is 5.84 Å². The van der Waals surface area contributed by atoms with Crippen LogP contribution in [0.1, 0.15) is 0 Å². The molecule has 0 heterocycles. The van der Waals surface area contributed by atoms with E-state index >= 15 is 0 Å². The van der Waals surface area contributed by atoms with Gasteiger partial charge in [0.15, 0.2) is 0 Å². The average Bonchev–Trinajstić information content (AvgIpc) is 1.61. The summed E-state index contributed by atoms with van der Waals surface area (Å²) in [6.45, 7) is 0. The Morgan fingerprint density at radius 2 is 1.80 bits per heavy atom. The van der Waals surface area contributed by atoms with Gasteiger partial charge in [-0.1, -0.05) is 0 Å². The molecule has 0 bridgehead atoms. The number of hydrazine groups is 1. The van der Waals surface area contributed by atoms with Crippen LogP contribution in [0.25, 0.3) is 0 Å². The SMILES string of the molecule is NNCS(=O)(=O)C(F)(F)F. The second-order valence-corrected chi connectivity index (χ2v) is 3.39. The van der Waals surface area contributed by atoms with Crippen molar-refractivity contribution in [3.8, 4) is 0 Å². The molecule has 0 amide bonds. The fourth-order valence-electron chi connectivity index (χ4n) is 0.192. The van der Waals surface area contributed by atoms with E-state index in [1.807, 2.05) is 0 Å². The van der Waals surface area contributed by atoms with Crippen molar-refractivity contribution in [2.75, 3.05) is 5.88 Å². The van der Waals surface area contributed by atoms with Gasteiger partial charge < -0.3 is 0 Å². The number of halogens is 3. The van der Waals surface area contributed by atoms with Gasteiger partial charge >= 0.3 is 5.51 Å². The normalized spacial score (nSPS) is 13.6. The summed E-state index contributed by atoms with van der Waals surface area (Å²) in [5.74, 6) is 3.09. The molecule has 8 heteroatoms. The third-order valence-corrected chi connectivity index (χ3v) is 1.88. The first kappa shape index (κ1) is 9.66. The van der Waals surface area contributed by atoms with E-state index in [0.717, 1.165) is 0 Å². The van der Waals surface area contributed by atoms with Gasteiger partial charge in [0.05, 0.1) is 0 Å². The van der Waals surface area contributed by atoms with Gasteiger partial charge in [0, 0.05) is 0 Å². The van der Waals surface area contributed by atoms with Crippen LogP contribution in [-0.2, 0) is 9.84 Å². The topological polar surface area (TPSA) is 72.2 Å². The van der Waals surface area contributed by atoms with Crippen LogP contribution < -0.4 is 11.3 Å². The number of sulfone groups is 1. The van der Waals surface area contributed by atoms with Crippen molar-refractivity contribution < 1.29 is 21.6 Å². The molecular formula is C2H5F3N2O2S. The predicted molar refractivity (Wildman–Crippen MR) is 27.2 cm³/mol. The van der Waals surface area contributed by atoms with Crippen molar-refractivity contribution in [2.24, 2.45) is 5.84 Å². The smallest absolute Gasteiger partial charge is 0.271 e. The van der Waals surface area contributed by atoms with E-state index in [9.17, 15) is 21.6 Å². The lowest BCUT2D eigenvalue weighted by atomic mass is 11.5. The number of alkyl halides is 3. The van der Waals surface area contributed by atoms with Gasteiger partial charge in [-0.3, -0.25) is 5.84 Å². The summed E-state index contributed by atoms with van der Waals surface area (Å²) in [4.78, 5) is 0. The molecule has 0 rings (SSSR count). The number of hydrogen-bond acceptors (Lipinski definition) is 4. The number of rotatable bonds is 2. The van der Waals surface area contributed by atoms with Crippen molar-refractivity contribution in [3.63, 3.8) is 0 Å². The standard InChI is InChI=1S/C2H5F3N2O2S/c3-2(4,5)10(8,9)1-7-6/h7H,1,6H2. The molecule has 0 spiro atoms. The Hall–Kier alpha value is -0.340. The minimum absolute atomic E-state index is 1.30. The monoisotopic (exact) mass is 178 g/mol. The Labute approximate surface area is 55.1 Å². The second-order valence-electron chi connectivity index (χ2n) is 1.41. The zero-order valence-corrected chi connectivity index (χ0v) is 5.46. The molecule has 0 saturated heterocycles. The number of nitrogens with two attached hydrogens (primary N) is 1. The lowest BCUT2D eigenvalue weighted by Crippen LogP contribution is -2.36. The highest BCUT2D eigenvalue weighted by molar-refractivity contribution is 7.92. The van der Waals surface area contributed by atoms with Gasteiger partial charge in [0.1, 0.15) is 5.88 Å². The summed E-state index contributed by atoms with van der Waals surface area (Å²) in [7, 11) is -5.08. The van der Waals surface area contributed by atoms with Crippen LogP contribution in [0.5, 0.6) is 0 Å². The molecular weight excluding hydrogens is 173 g/mol. The van der Waals surface area contributed by atoms with E-state index in [1.165, 1.54) is 5.43 Å². The predicted octanol–water partition coefficient (Wildman–Crippen LogP) is -0.658. The molecule has 0 aliphatic heterocycles. The molecule has 0 atom stereocenters. The Kier molecular flexibility index (Phi) is 2.63. The second kappa shape index (κ2) is 2.72. The molecule has 0 aromatic heterocycles. The van der Waals surface area contributed by atoms with Crippen LogP contribution in [0.3, 0.4) is 0 Å². The molecule has 0 aliphatic rings. The Morgan fingerprint density at radius 1 is 1.40 bits per heavy atom. The zero-order chi connectivity index (χ0) is 8.41. The van der Waals surface area contributed by atoms with Crippen LogP contribution in [0.4, 0.5) is 13.2 Å². The molecule has 0 saturated carbocycles. The first-order chi connectivity index (χ1) is 4.31. The molecule has 3 N–H and O–H groups in total. The van der Waals surface area contributed by atoms with Crippen LogP contribution in [0.2, 0.25) is 0 Å². The van der Waals surface area contributed by atoms with Crippen LogP contribution in [0.15, 0.2) is 0 Å². The van der Waals surface area contributed by atoms with Gasteiger partial charge in [-0.05, 0) is 0 Å². The summed E-state index contributed by atoms with van der Waals surface area (Å²) in [6, 6.07) is 0. The zero-order valence-electron chi connectivity index (χ0n) is 4.64. The lowest BCUT2D eigenvalue weighted by molar-refractivity contribution is -0.0437. The third kappa shape index (κ3) is 2.12. The maximum Gasteiger partial charge on any atom is 0.498 e.